The maximum atomic E-state index is 9.23. The molecule has 0 saturated heterocycles. The van der Waals surface area contributed by atoms with E-state index in [4.69, 9.17) is 28.9 Å². The maximum absolute atomic E-state index is 9.23. The maximum Gasteiger partial charge on any atom is 0.0652 e. The van der Waals surface area contributed by atoms with E-state index in [0.29, 0.717) is 15.6 Å². The van der Waals surface area contributed by atoms with Crippen LogP contribution in [0, 0.1) is 5.41 Å². The van der Waals surface area contributed by atoms with Gasteiger partial charge in [-0.3, -0.25) is 4.98 Å². The number of pyridine rings is 1. The predicted octanol–water partition coefficient (Wildman–Crippen LogP) is 2.41. The molecule has 3 nitrogen and oxygen atoms in total. The average molecular weight is 249 g/mol. The summed E-state index contributed by atoms with van der Waals surface area (Å²) in [5.74, 6) is 0. The molecule has 0 aliphatic rings. The number of hydrogen-bond donors (Lipinski definition) is 2. The lowest BCUT2D eigenvalue weighted by atomic mass is 9.82. The van der Waals surface area contributed by atoms with E-state index in [1.54, 1.807) is 0 Å². The van der Waals surface area contributed by atoms with Crippen molar-refractivity contribution in [3.63, 3.8) is 0 Å². The van der Waals surface area contributed by atoms with Crippen LogP contribution in [-0.2, 0) is 0 Å². The summed E-state index contributed by atoms with van der Waals surface area (Å²) in [4.78, 5) is 3.85. The molecule has 5 heteroatoms. The molecule has 15 heavy (non-hydrogen) atoms. The minimum Gasteiger partial charge on any atom is -0.396 e. The molecule has 0 unspecified atom stereocenters. The zero-order valence-electron chi connectivity index (χ0n) is 8.67. The van der Waals surface area contributed by atoms with Crippen LogP contribution < -0.4 is 5.73 Å². The first kappa shape index (κ1) is 12.7. The van der Waals surface area contributed by atoms with E-state index in [1.165, 1.54) is 12.4 Å². The van der Waals surface area contributed by atoms with Gasteiger partial charge in [-0.2, -0.15) is 0 Å². The van der Waals surface area contributed by atoms with Crippen molar-refractivity contribution in [1.82, 2.24) is 4.98 Å². The molecule has 3 N–H and O–H groups in total. The summed E-state index contributed by atoms with van der Waals surface area (Å²) in [5.41, 5.74) is 6.18. The second-order valence-electron chi connectivity index (χ2n) is 4.14. The van der Waals surface area contributed by atoms with E-state index >= 15 is 0 Å². The lowest BCUT2D eigenvalue weighted by molar-refractivity contribution is 0.132. The monoisotopic (exact) mass is 248 g/mol. The molecule has 0 aliphatic carbocycles. The third-order valence-corrected chi connectivity index (χ3v) is 3.05. The van der Waals surface area contributed by atoms with Gasteiger partial charge in [-0.1, -0.05) is 37.0 Å². The molecule has 1 aromatic heterocycles. The van der Waals surface area contributed by atoms with Gasteiger partial charge in [-0.25, -0.2) is 0 Å². The summed E-state index contributed by atoms with van der Waals surface area (Å²) < 4.78 is 0. The molecule has 0 aliphatic heterocycles. The van der Waals surface area contributed by atoms with Crippen molar-refractivity contribution >= 4 is 23.2 Å². The minimum atomic E-state index is -0.478. The van der Waals surface area contributed by atoms with Crippen molar-refractivity contribution in [2.45, 2.75) is 19.9 Å². The fourth-order valence-electron chi connectivity index (χ4n) is 1.21. The van der Waals surface area contributed by atoms with Gasteiger partial charge in [0.25, 0.3) is 0 Å². The first-order valence-corrected chi connectivity index (χ1v) is 5.31. The van der Waals surface area contributed by atoms with Crippen molar-refractivity contribution in [2.24, 2.45) is 11.1 Å². The van der Waals surface area contributed by atoms with Gasteiger partial charge in [0.2, 0.25) is 0 Å². The second-order valence-corrected chi connectivity index (χ2v) is 4.96. The number of aromatic nitrogens is 1. The topological polar surface area (TPSA) is 59.1 Å². The Bertz CT molecular complexity index is 335. The summed E-state index contributed by atoms with van der Waals surface area (Å²) in [7, 11) is 0. The van der Waals surface area contributed by atoms with E-state index in [2.05, 4.69) is 4.98 Å². The summed E-state index contributed by atoms with van der Waals surface area (Å²) in [6, 6.07) is -0.425. The van der Waals surface area contributed by atoms with Gasteiger partial charge < -0.3 is 10.8 Å². The van der Waals surface area contributed by atoms with Gasteiger partial charge in [0.15, 0.2) is 0 Å². The number of hydrogen-bond acceptors (Lipinski definition) is 3. The molecular formula is C10H14Cl2N2O. The predicted molar refractivity (Wildman–Crippen MR) is 62.1 cm³/mol. The summed E-state index contributed by atoms with van der Waals surface area (Å²) in [6.45, 7) is 3.67. The van der Waals surface area contributed by atoms with E-state index in [-0.39, 0.29) is 6.61 Å². The van der Waals surface area contributed by atoms with Gasteiger partial charge in [-0.05, 0) is 0 Å². The van der Waals surface area contributed by atoms with Crippen LogP contribution in [0.3, 0.4) is 0 Å². The van der Waals surface area contributed by atoms with Crippen molar-refractivity contribution in [1.29, 1.82) is 0 Å². The largest absolute Gasteiger partial charge is 0.396 e. The lowest BCUT2D eigenvalue weighted by Gasteiger charge is -2.30. The Hall–Kier alpha value is -0.350. The SMILES string of the molecule is CC(C)(CO)[C@@H](N)c1c(Cl)cncc1Cl. The van der Waals surface area contributed by atoms with Crippen molar-refractivity contribution in [3.8, 4) is 0 Å². The van der Waals surface area contributed by atoms with Gasteiger partial charge in [0.1, 0.15) is 0 Å². The number of halogens is 2. The third-order valence-electron chi connectivity index (χ3n) is 2.45. The van der Waals surface area contributed by atoms with Crippen LogP contribution in [0.15, 0.2) is 12.4 Å². The van der Waals surface area contributed by atoms with Gasteiger partial charge in [0.05, 0.1) is 10.0 Å². The summed E-state index contributed by atoms with van der Waals surface area (Å²) >= 11 is 12.0. The van der Waals surface area contributed by atoms with E-state index in [1.807, 2.05) is 13.8 Å². The Labute approximate surface area is 99.2 Å². The molecule has 0 spiro atoms. The normalized spacial score (nSPS) is 14.0. The van der Waals surface area contributed by atoms with Crippen molar-refractivity contribution in [3.05, 3.63) is 28.0 Å². The van der Waals surface area contributed by atoms with Crippen molar-refractivity contribution < 1.29 is 5.11 Å². The number of rotatable bonds is 3. The molecule has 1 heterocycles. The fraction of sp³-hybridized carbons (Fsp3) is 0.500. The highest BCUT2D eigenvalue weighted by Crippen LogP contribution is 2.37. The molecule has 0 bridgehead atoms. The second kappa shape index (κ2) is 4.66. The quantitative estimate of drug-likeness (QED) is 0.864. The third kappa shape index (κ3) is 2.61. The lowest BCUT2D eigenvalue weighted by Crippen LogP contribution is -2.32. The van der Waals surface area contributed by atoms with Crippen LogP contribution in [0.25, 0.3) is 0 Å². The van der Waals surface area contributed by atoms with Crippen LogP contribution in [0.1, 0.15) is 25.5 Å². The van der Waals surface area contributed by atoms with Crippen LogP contribution in [0.4, 0.5) is 0 Å². The Morgan fingerprint density at radius 3 is 2.27 bits per heavy atom. The molecule has 0 aromatic carbocycles. The Kier molecular flexibility index (Phi) is 3.95. The van der Waals surface area contributed by atoms with E-state index in [0.717, 1.165) is 0 Å². The molecular weight excluding hydrogens is 235 g/mol. The van der Waals surface area contributed by atoms with E-state index < -0.39 is 11.5 Å². The first-order chi connectivity index (χ1) is 6.90. The number of aliphatic hydroxyl groups excluding tert-OH is 1. The number of nitrogens with two attached hydrogens (primary N) is 1. The zero-order valence-corrected chi connectivity index (χ0v) is 10.2. The highest BCUT2D eigenvalue weighted by molar-refractivity contribution is 6.35. The van der Waals surface area contributed by atoms with Gasteiger partial charge in [-0.15, -0.1) is 0 Å². The van der Waals surface area contributed by atoms with E-state index in [9.17, 15) is 5.11 Å². The molecule has 1 atom stereocenters. The first-order valence-electron chi connectivity index (χ1n) is 4.55. The fourth-order valence-corrected chi connectivity index (χ4v) is 1.81. The smallest absolute Gasteiger partial charge is 0.0652 e. The molecule has 0 fully saturated rings. The molecule has 0 amide bonds. The molecule has 1 aromatic rings. The van der Waals surface area contributed by atoms with Gasteiger partial charge in [0, 0.05) is 36.0 Å². The Balaban J connectivity index is 3.16. The summed E-state index contributed by atoms with van der Waals surface area (Å²) in [5, 5.41) is 10.1. The van der Waals surface area contributed by atoms with Crippen LogP contribution >= 0.6 is 23.2 Å². The highest BCUT2D eigenvalue weighted by atomic mass is 35.5. The van der Waals surface area contributed by atoms with Crippen LogP contribution in [0.2, 0.25) is 10.0 Å². The Morgan fingerprint density at radius 2 is 1.87 bits per heavy atom. The average Bonchev–Trinajstić information content (AvgIpc) is 2.17. The standard InChI is InChI=1S/C10H14Cl2N2O/c1-10(2,5-15)9(13)8-6(11)3-14-4-7(8)12/h3-4,9,15H,5,13H2,1-2H3/t9-/m0/s1. The molecule has 0 saturated carbocycles. The molecule has 1 rings (SSSR count). The molecule has 0 radical (unpaired) electrons. The zero-order chi connectivity index (χ0) is 11.6. The van der Waals surface area contributed by atoms with Crippen LogP contribution in [-0.4, -0.2) is 16.7 Å². The number of nitrogens with zero attached hydrogens (tertiary/aromatic N) is 1. The van der Waals surface area contributed by atoms with Crippen LogP contribution in [0.5, 0.6) is 0 Å². The highest BCUT2D eigenvalue weighted by Gasteiger charge is 2.30. The summed E-state index contributed by atoms with van der Waals surface area (Å²) in [6.07, 6.45) is 2.99. The minimum absolute atomic E-state index is 0.0385. The number of aliphatic hydroxyl groups is 1. The molecule has 84 valence electrons. The Morgan fingerprint density at radius 1 is 1.40 bits per heavy atom. The van der Waals surface area contributed by atoms with Crippen molar-refractivity contribution in [2.75, 3.05) is 6.61 Å². The van der Waals surface area contributed by atoms with Gasteiger partial charge >= 0.3 is 0 Å².